The molecule has 0 saturated carbocycles. The molecule has 1 fully saturated rings. The molecule has 0 spiro atoms. The fraction of sp³-hybridized carbons (Fsp3) is 0.375. The van der Waals surface area contributed by atoms with E-state index >= 15 is 0 Å². The van der Waals surface area contributed by atoms with Crippen molar-refractivity contribution in [1.29, 1.82) is 0 Å². The number of thiophene rings is 1. The normalized spacial score (nSPS) is 14.9. The van der Waals surface area contributed by atoms with E-state index in [-0.39, 0.29) is 18.0 Å². The van der Waals surface area contributed by atoms with Crippen LogP contribution in [0, 0.1) is 0 Å². The SMILES string of the molecule is CCOC(=O)c1cc2cc(NC(=O)NC3CCN(CCc4ccncc4)CC3)ccc2s1. The van der Waals surface area contributed by atoms with Gasteiger partial charge in [-0.25, -0.2) is 9.59 Å². The predicted octanol–water partition coefficient (Wildman–Crippen LogP) is 4.30. The van der Waals surface area contributed by atoms with Gasteiger partial charge in [-0.15, -0.1) is 11.3 Å². The van der Waals surface area contributed by atoms with Gasteiger partial charge in [-0.1, -0.05) is 0 Å². The third-order valence-corrected chi connectivity index (χ3v) is 6.74. The van der Waals surface area contributed by atoms with Crippen LogP contribution in [0.15, 0.2) is 48.8 Å². The summed E-state index contributed by atoms with van der Waals surface area (Å²) in [7, 11) is 0. The van der Waals surface area contributed by atoms with Gasteiger partial charge in [-0.05, 0) is 73.5 Å². The zero-order valence-electron chi connectivity index (χ0n) is 18.2. The highest BCUT2D eigenvalue weighted by Gasteiger charge is 2.20. The van der Waals surface area contributed by atoms with Gasteiger partial charge in [0, 0.05) is 48.5 Å². The van der Waals surface area contributed by atoms with Crippen molar-refractivity contribution < 1.29 is 14.3 Å². The molecule has 3 heterocycles. The first kappa shape index (κ1) is 22.2. The number of benzene rings is 1. The molecule has 2 aromatic heterocycles. The highest BCUT2D eigenvalue weighted by Crippen LogP contribution is 2.28. The fourth-order valence-corrected chi connectivity index (χ4v) is 4.85. The van der Waals surface area contributed by atoms with Crippen molar-refractivity contribution in [3.8, 4) is 0 Å². The average molecular weight is 453 g/mol. The van der Waals surface area contributed by atoms with Gasteiger partial charge in [0.2, 0.25) is 0 Å². The summed E-state index contributed by atoms with van der Waals surface area (Å²) in [4.78, 5) is 31.5. The maximum Gasteiger partial charge on any atom is 0.348 e. The second-order valence-corrected chi connectivity index (χ2v) is 8.99. The van der Waals surface area contributed by atoms with Crippen LogP contribution in [0.4, 0.5) is 10.5 Å². The molecule has 1 aliphatic rings. The molecule has 8 heteroatoms. The highest BCUT2D eigenvalue weighted by atomic mass is 32.1. The number of carbonyl (C=O) groups is 2. The zero-order chi connectivity index (χ0) is 22.3. The van der Waals surface area contributed by atoms with E-state index < -0.39 is 0 Å². The summed E-state index contributed by atoms with van der Waals surface area (Å²) in [5.74, 6) is -0.312. The van der Waals surface area contributed by atoms with Crippen molar-refractivity contribution in [3.63, 3.8) is 0 Å². The summed E-state index contributed by atoms with van der Waals surface area (Å²) >= 11 is 1.39. The lowest BCUT2D eigenvalue weighted by atomic mass is 10.0. The van der Waals surface area contributed by atoms with Gasteiger partial charge in [0.15, 0.2) is 0 Å². The van der Waals surface area contributed by atoms with Gasteiger partial charge in [-0.3, -0.25) is 4.98 Å². The molecule has 32 heavy (non-hydrogen) atoms. The molecule has 3 aromatic rings. The quantitative estimate of drug-likeness (QED) is 0.522. The zero-order valence-corrected chi connectivity index (χ0v) is 19.0. The smallest absolute Gasteiger partial charge is 0.348 e. The van der Waals surface area contributed by atoms with Crippen molar-refractivity contribution in [2.45, 2.75) is 32.2 Å². The monoisotopic (exact) mass is 452 g/mol. The summed E-state index contributed by atoms with van der Waals surface area (Å²) in [6, 6.07) is 11.6. The van der Waals surface area contributed by atoms with Crippen molar-refractivity contribution in [1.82, 2.24) is 15.2 Å². The van der Waals surface area contributed by atoms with Gasteiger partial charge in [-0.2, -0.15) is 0 Å². The number of aromatic nitrogens is 1. The summed E-state index contributed by atoms with van der Waals surface area (Å²) in [6.45, 7) is 5.13. The van der Waals surface area contributed by atoms with Crippen molar-refractivity contribution >= 4 is 39.1 Å². The van der Waals surface area contributed by atoms with Crippen LogP contribution in [-0.4, -0.2) is 54.2 Å². The second kappa shape index (κ2) is 10.6. The Kier molecular flexibility index (Phi) is 7.34. The summed E-state index contributed by atoms with van der Waals surface area (Å²) < 4.78 is 6.05. The number of carbonyl (C=O) groups excluding carboxylic acids is 2. The number of ether oxygens (including phenoxy) is 1. The van der Waals surface area contributed by atoms with E-state index in [1.807, 2.05) is 36.7 Å². The summed E-state index contributed by atoms with van der Waals surface area (Å²) in [5.41, 5.74) is 2.01. The van der Waals surface area contributed by atoms with E-state index in [1.165, 1.54) is 16.9 Å². The molecule has 0 atom stereocenters. The van der Waals surface area contributed by atoms with E-state index in [0.29, 0.717) is 17.2 Å². The lowest BCUT2D eigenvalue weighted by molar-refractivity contribution is 0.0532. The van der Waals surface area contributed by atoms with Gasteiger partial charge in [0.25, 0.3) is 0 Å². The van der Waals surface area contributed by atoms with Crippen LogP contribution in [-0.2, 0) is 11.2 Å². The number of rotatable bonds is 7. The summed E-state index contributed by atoms with van der Waals surface area (Å²) in [6.07, 6.45) is 6.57. The Balaban J connectivity index is 1.24. The molecule has 7 nitrogen and oxygen atoms in total. The van der Waals surface area contributed by atoms with Crippen molar-refractivity contribution in [2.75, 3.05) is 31.6 Å². The number of nitrogens with zero attached hydrogens (tertiary/aromatic N) is 2. The molecule has 0 aliphatic carbocycles. The van der Waals surface area contributed by atoms with Crippen LogP contribution in [0.1, 0.15) is 35.0 Å². The minimum Gasteiger partial charge on any atom is -0.462 e. The van der Waals surface area contributed by atoms with Crippen LogP contribution >= 0.6 is 11.3 Å². The van der Waals surface area contributed by atoms with Crippen LogP contribution in [0.2, 0.25) is 0 Å². The van der Waals surface area contributed by atoms with E-state index in [9.17, 15) is 9.59 Å². The number of hydrogen-bond acceptors (Lipinski definition) is 6. The first-order chi connectivity index (χ1) is 15.6. The topological polar surface area (TPSA) is 83.6 Å². The van der Waals surface area contributed by atoms with Crippen molar-refractivity contribution in [3.05, 3.63) is 59.2 Å². The first-order valence-corrected chi connectivity index (χ1v) is 11.8. The Morgan fingerprint density at radius 2 is 1.94 bits per heavy atom. The Bertz CT molecular complexity index is 1060. The molecule has 2 N–H and O–H groups in total. The van der Waals surface area contributed by atoms with Gasteiger partial charge < -0.3 is 20.3 Å². The molecule has 2 amide bonds. The van der Waals surface area contributed by atoms with Gasteiger partial charge in [0.1, 0.15) is 4.88 Å². The molecule has 168 valence electrons. The fourth-order valence-electron chi connectivity index (χ4n) is 3.91. The Morgan fingerprint density at radius 3 is 2.69 bits per heavy atom. The van der Waals surface area contributed by atoms with Gasteiger partial charge >= 0.3 is 12.0 Å². The standard InChI is InChI=1S/C24H28N4O3S/c1-2-31-23(29)22-16-18-15-20(3-4-21(18)32-22)27-24(30)26-19-8-13-28(14-9-19)12-7-17-5-10-25-11-6-17/h3-6,10-11,15-16,19H,2,7-9,12-14H2,1H3,(H2,26,27,30). The number of esters is 1. The van der Waals surface area contributed by atoms with Crippen LogP contribution in [0.5, 0.6) is 0 Å². The van der Waals surface area contributed by atoms with Crippen molar-refractivity contribution in [2.24, 2.45) is 0 Å². The average Bonchev–Trinajstić information content (AvgIpc) is 3.23. The molecule has 1 aliphatic heterocycles. The molecule has 0 bridgehead atoms. The molecule has 4 rings (SSSR count). The largest absolute Gasteiger partial charge is 0.462 e. The number of amides is 2. The minimum absolute atomic E-state index is 0.174. The first-order valence-electron chi connectivity index (χ1n) is 11.0. The minimum atomic E-state index is -0.312. The number of likely N-dealkylation sites (tertiary alicyclic amines) is 1. The molecular weight excluding hydrogens is 424 g/mol. The van der Waals surface area contributed by atoms with E-state index in [4.69, 9.17) is 4.74 Å². The van der Waals surface area contributed by atoms with Crippen LogP contribution in [0.3, 0.4) is 0 Å². The molecular formula is C24H28N4O3S. The summed E-state index contributed by atoms with van der Waals surface area (Å²) in [5, 5.41) is 6.93. The van der Waals surface area contributed by atoms with Crippen LogP contribution in [0.25, 0.3) is 10.1 Å². The number of pyridine rings is 1. The van der Waals surface area contributed by atoms with E-state index in [2.05, 4.69) is 32.7 Å². The maximum atomic E-state index is 12.5. The van der Waals surface area contributed by atoms with Gasteiger partial charge in [0.05, 0.1) is 6.61 Å². The number of urea groups is 1. The van der Waals surface area contributed by atoms with E-state index in [0.717, 1.165) is 49.0 Å². The third kappa shape index (κ3) is 5.83. The van der Waals surface area contributed by atoms with E-state index in [1.54, 1.807) is 6.92 Å². The number of nitrogens with one attached hydrogen (secondary N) is 2. The highest BCUT2D eigenvalue weighted by molar-refractivity contribution is 7.20. The Hall–Kier alpha value is -2.97. The number of fused-ring (bicyclic) bond motifs is 1. The number of hydrogen-bond donors (Lipinski definition) is 2. The predicted molar refractivity (Wildman–Crippen MR) is 127 cm³/mol. The Labute approximate surface area is 191 Å². The Morgan fingerprint density at radius 1 is 1.16 bits per heavy atom. The number of piperidine rings is 1. The second-order valence-electron chi connectivity index (χ2n) is 7.90. The third-order valence-electron chi connectivity index (χ3n) is 5.64. The molecule has 1 saturated heterocycles. The molecule has 0 unspecified atom stereocenters. The molecule has 0 radical (unpaired) electrons. The lowest BCUT2D eigenvalue weighted by Crippen LogP contribution is -2.46. The number of anilines is 1. The van der Waals surface area contributed by atoms with Crippen LogP contribution < -0.4 is 10.6 Å². The molecule has 1 aromatic carbocycles. The lowest BCUT2D eigenvalue weighted by Gasteiger charge is -2.32. The maximum absolute atomic E-state index is 12.5.